The van der Waals surface area contributed by atoms with E-state index in [0.29, 0.717) is 27.9 Å². The van der Waals surface area contributed by atoms with Gasteiger partial charge >= 0.3 is 5.97 Å². The van der Waals surface area contributed by atoms with Crippen molar-refractivity contribution in [3.8, 4) is 5.75 Å². The summed E-state index contributed by atoms with van der Waals surface area (Å²) in [4.78, 5) is 30.1. The van der Waals surface area contributed by atoms with E-state index in [-0.39, 0.29) is 17.2 Å². The molecule has 0 bridgehead atoms. The number of hydrogen-bond donors (Lipinski definition) is 1. The SMILES string of the molecule is CCN1C(=O)/C(=C\c2cc(Br)ccc2[O-])SC1=Nc1cccc(C(=O)O)c1. The van der Waals surface area contributed by atoms with Gasteiger partial charge in [-0.25, -0.2) is 9.79 Å². The van der Waals surface area contributed by atoms with Gasteiger partial charge in [0.25, 0.3) is 5.91 Å². The van der Waals surface area contributed by atoms with Gasteiger partial charge in [0.2, 0.25) is 0 Å². The Morgan fingerprint density at radius 2 is 2.11 bits per heavy atom. The summed E-state index contributed by atoms with van der Waals surface area (Å²) in [5.41, 5.74) is 0.970. The summed E-state index contributed by atoms with van der Waals surface area (Å²) < 4.78 is 0.746. The fraction of sp³-hybridized carbons (Fsp3) is 0.105. The van der Waals surface area contributed by atoms with E-state index in [1.165, 1.54) is 23.1 Å². The zero-order valence-electron chi connectivity index (χ0n) is 14.2. The quantitative estimate of drug-likeness (QED) is 0.721. The number of aliphatic imine (C=N–C) groups is 1. The fourth-order valence-corrected chi connectivity index (χ4v) is 3.89. The summed E-state index contributed by atoms with van der Waals surface area (Å²) in [6.45, 7) is 2.23. The van der Waals surface area contributed by atoms with E-state index >= 15 is 0 Å². The Bertz CT molecular complexity index is 987. The topological polar surface area (TPSA) is 93.0 Å². The second-order valence-electron chi connectivity index (χ2n) is 5.59. The predicted molar refractivity (Wildman–Crippen MR) is 107 cm³/mol. The number of amidine groups is 1. The molecule has 8 heteroatoms. The molecule has 0 unspecified atom stereocenters. The molecule has 1 fully saturated rings. The number of rotatable bonds is 4. The maximum Gasteiger partial charge on any atom is 0.335 e. The highest BCUT2D eigenvalue weighted by Crippen LogP contribution is 2.35. The van der Waals surface area contributed by atoms with Crippen molar-refractivity contribution in [2.24, 2.45) is 4.99 Å². The van der Waals surface area contributed by atoms with Crippen molar-refractivity contribution >= 4 is 56.5 Å². The number of carboxylic acids is 1. The van der Waals surface area contributed by atoms with Crippen molar-refractivity contribution < 1.29 is 19.8 Å². The number of hydrogen-bond acceptors (Lipinski definition) is 5. The first kappa shape index (κ1) is 19.2. The van der Waals surface area contributed by atoms with Crippen LogP contribution in [0.3, 0.4) is 0 Å². The summed E-state index contributed by atoms with van der Waals surface area (Å²) in [5.74, 6) is -1.46. The van der Waals surface area contributed by atoms with Gasteiger partial charge in [0.05, 0.1) is 16.2 Å². The molecule has 0 saturated carbocycles. The number of carboxylic acid groups (broad SMARTS) is 1. The lowest BCUT2D eigenvalue weighted by Gasteiger charge is -2.12. The molecule has 6 nitrogen and oxygen atoms in total. The van der Waals surface area contributed by atoms with E-state index in [4.69, 9.17) is 5.11 Å². The van der Waals surface area contributed by atoms with Crippen molar-refractivity contribution in [1.82, 2.24) is 4.90 Å². The van der Waals surface area contributed by atoms with Crippen molar-refractivity contribution in [3.63, 3.8) is 0 Å². The summed E-state index contributed by atoms with van der Waals surface area (Å²) in [5, 5.41) is 21.6. The molecule has 0 aliphatic carbocycles. The van der Waals surface area contributed by atoms with Gasteiger partial charge in [-0.15, -0.1) is 5.75 Å². The number of thioether (sulfide) groups is 1. The van der Waals surface area contributed by atoms with Crippen LogP contribution in [0.2, 0.25) is 0 Å². The maximum atomic E-state index is 12.7. The Morgan fingerprint density at radius 1 is 1.33 bits per heavy atom. The Kier molecular flexibility index (Phi) is 5.67. The third-order valence-corrected chi connectivity index (χ3v) is 5.28. The number of carbonyl (C=O) groups is 2. The Balaban J connectivity index is 1.97. The monoisotopic (exact) mass is 445 g/mol. The molecule has 27 heavy (non-hydrogen) atoms. The predicted octanol–water partition coefficient (Wildman–Crippen LogP) is 3.84. The summed E-state index contributed by atoms with van der Waals surface area (Å²) >= 11 is 4.47. The van der Waals surface area contributed by atoms with Crippen LogP contribution >= 0.6 is 27.7 Å². The number of amides is 1. The lowest BCUT2D eigenvalue weighted by molar-refractivity contribution is -0.268. The molecule has 1 aliphatic heterocycles. The number of aromatic carboxylic acids is 1. The van der Waals surface area contributed by atoms with Crippen LogP contribution in [0.5, 0.6) is 5.75 Å². The second-order valence-corrected chi connectivity index (χ2v) is 7.52. The molecule has 0 aromatic heterocycles. The maximum absolute atomic E-state index is 12.7. The largest absolute Gasteiger partial charge is 0.872 e. The smallest absolute Gasteiger partial charge is 0.335 e. The first-order chi connectivity index (χ1) is 12.9. The first-order valence-corrected chi connectivity index (χ1v) is 9.60. The zero-order valence-corrected chi connectivity index (χ0v) is 16.6. The van der Waals surface area contributed by atoms with Crippen LogP contribution in [0.15, 0.2) is 56.8 Å². The van der Waals surface area contributed by atoms with Crippen molar-refractivity contribution in [2.75, 3.05) is 6.54 Å². The molecular formula is C19H14BrN2O4S-. The molecule has 0 atom stereocenters. The van der Waals surface area contributed by atoms with E-state index in [9.17, 15) is 14.7 Å². The number of likely N-dealkylation sites (N-methyl/N-ethyl adjacent to an activating group) is 1. The zero-order chi connectivity index (χ0) is 19.6. The van der Waals surface area contributed by atoms with Crippen LogP contribution in [-0.4, -0.2) is 33.6 Å². The lowest BCUT2D eigenvalue weighted by Crippen LogP contribution is -2.28. The van der Waals surface area contributed by atoms with Crippen molar-refractivity contribution in [1.29, 1.82) is 0 Å². The van der Waals surface area contributed by atoms with Gasteiger partial charge in [0, 0.05) is 11.0 Å². The molecule has 138 valence electrons. The number of halogens is 1. The highest BCUT2D eigenvalue weighted by Gasteiger charge is 2.32. The molecular weight excluding hydrogens is 432 g/mol. The molecule has 1 heterocycles. The van der Waals surface area contributed by atoms with Crippen LogP contribution < -0.4 is 5.11 Å². The molecule has 0 radical (unpaired) electrons. The molecule has 1 N–H and O–H groups in total. The van der Waals surface area contributed by atoms with Gasteiger partial charge in [-0.3, -0.25) is 9.69 Å². The minimum atomic E-state index is -1.04. The number of nitrogens with zero attached hydrogens (tertiary/aromatic N) is 2. The van der Waals surface area contributed by atoms with E-state index in [1.807, 2.05) is 6.92 Å². The van der Waals surface area contributed by atoms with E-state index in [1.54, 1.807) is 30.3 Å². The van der Waals surface area contributed by atoms with Crippen LogP contribution in [0.4, 0.5) is 5.69 Å². The molecule has 2 aromatic rings. The third-order valence-electron chi connectivity index (χ3n) is 3.78. The third kappa shape index (κ3) is 4.23. The molecule has 1 saturated heterocycles. The summed E-state index contributed by atoms with van der Waals surface area (Å²) in [6.07, 6.45) is 1.55. The van der Waals surface area contributed by atoms with Gasteiger partial charge in [0.1, 0.15) is 0 Å². The Hall–Kier alpha value is -2.58. The minimum absolute atomic E-state index is 0.120. The first-order valence-electron chi connectivity index (χ1n) is 7.99. The van der Waals surface area contributed by atoms with Crippen LogP contribution in [0, 0.1) is 0 Å². The fourth-order valence-electron chi connectivity index (χ4n) is 2.46. The highest BCUT2D eigenvalue weighted by atomic mass is 79.9. The van der Waals surface area contributed by atoms with Gasteiger partial charge < -0.3 is 10.2 Å². The van der Waals surface area contributed by atoms with Crippen LogP contribution in [0.1, 0.15) is 22.8 Å². The van der Waals surface area contributed by atoms with E-state index in [0.717, 1.165) is 16.2 Å². The van der Waals surface area contributed by atoms with Gasteiger partial charge in [-0.05, 0) is 60.7 Å². The molecule has 2 aromatic carbocycles. The minimum Gasteiger partial charge on any atom is -0.872 e. The van der Waals surface area contributed by atoms with Gasteiger partial charge in [0.15, 0.2) is 5.17 Å². The molecule has 0 spiro atoms. The van der Waals surface area contributed by atoms with Crippen LogP contribution in [0.25, 0.3) is 6.08 Å². The van der Waals surface area contributed by atoms with Crippen molar-refractivity contribution in [2.45, 2.75) is 6.92 Å². The lowest BCUT2D eigenvalue weighted by atomic mass is 10.2. The standard InChI is InChI=1S/C19H15BrN2O4S/c1-2-22-17(24)16(10-12-8-13(20)6-7-15(12)23)27-19(22)21-14-5-3-4-11(9-14)18(25)26/h3-10,23H,2H2,1H3,(H,25,26)/p-1/b16-10+,21-19?. The Morgan fingerprint density at radius 3 is 2.81 bits per heavy atom. The normalized spacial score (nSPS) is 17.1. The molecule has 1 aliphatic rings. The number of benzene rings is 2. The average molecular weight is 446 g/mol. The van der Waals surface area contributed by atoms with Gasteiger partial charge in [-0.2, -0.15) is 0 Å². The number of carbonyl (C=O) groups excluding carboxylic acids is 1. The second kappa shape index (κ2) is 7.98. The molecule has 1 amide bonds. The average Bonchev–Trinajstić information content (AvgIpc) is 2.93. The molecule has 3 rings (SSSR count). The summed E-state index contributed by atoms with van der Waals surface area (Å²) in [7, 11) is 0. The summed E-state index contributed by atoms with van der Waals surface area (Å²) in [6, 6.07) is 10.9. The van der Waals surface area contributed by atoms with E-state index in [2.05, 4.69) is 20.9 Å². The van der Waals surface area contributed by atoms with Gasteiger partial charge in [-0.1, -0.05) is 28.1 Å². The highest BCUT2D eigenvalue weighted by molar-refractivity contribution is 9.10. The Labute approximate surface area is 168 Å². The van der Waals surface area contributed by atoms with Crippen LogP contribution in [-0.2, 0) is 4.79 Å². The van der Waals surface area contributed by atoms with E-state index < -0.39 is 5.97 Å². The van der Waals surface area contributed by atoms with Crippen molar-refractivity contribution in [3.05, 3.63) is 63.0 Å².